The van der Waals surface area contributed by atoms with Crippen molar-refractivity contribution in [2.75, 3.05) is 6.61 Å². The van der Waals surface area contributed by atoms with E-state index >= 15 is 0 Å². The van der Waals surface area contributed by atoms with Crippen LogP contribution >= 0.6 is 0 Å². The molecule has 0 saturated carbocycles. The topological polar surface area (TPSA) is 105 Å². The van der Waals surface area contributed by atoms with E-state index in [1.807, 2.05) is 31.2 Å². The molecule has 170 valence electrons. The Kier molecular flexibility index (Phi) is 7.87. The summed E-state index contributed by atoms with van der Waals surface area (Å²) in [6, 6.07) is 15.9. The molecule has 0 spiro atoms. The van der Waals surface area contributed by atoms with E-state index < -0.39 is 12.1 Å². The van der Waals surface area contributed by atoms with E-state index in [-0.39, 0.29) is 43.4 Å². The summed E-state index contributed by atoms with van der Waals surface area (Å²) >= 11 is 0. The summed E-state index contributed by atoms with van der Waals surface area (Å²) in [5.74, 6) is -1.04. The lowest BCUT2D eigenvalue weighted by molar-refractivity contribution is -0.137. The van der Waals surface area contributed by atoms with Crippen LogP contribution in [-0.4, -0.2) is 41.8 Å². The van der Waals surface area contributed by atoms with Crippen LogP contribution in [0.2, 0.25) is 0 Å². The van der Waals surface area contributed by atoms with Crippen LogP contribution in [-0.2, 0) is 14.3 Å². The van der Waals surface area contributed by atoms with Gasteiger partial charge in [-0.15, -0.1) is 0 Å². The average molecular weight is 439 g/mol. The van der Waals surface area contributed by atoms with Crippen molar-refractivity contribution in [3.05, 3.63) is 59.7 Å². The minimum absolute atomic E-state index is 0.00141. The van der Waals surface area contributed by atoms with Crippen LogP contribution < -0.4 is 10.6 Å². The van der Waals surface area contributed by atoms with E-state index in [1.54, 1.807) is 6.92 Å². The molecule has 2 atom stereocenters. The fourth-order valence-electron chi connectivity index (χ4n) is 4.02. The molecule has 2 unspecified atom stereocenters. The number of carbonyl (C=O) groups is 3. The summed E-state index contributed by atoms with van der Waals surface area (Å²) in [4.78, 5) is 34.9. The molecule has 1 aliphatic carbocycles. The molecule has 3 rings (SSSR count). The maximum atomic E-state index is 12.3. The molecule has 0 radical (unpaired) electrons. The molecule has 0 fully saturated rings. The van der Waals surface area contributed by atoms with Gasteiger partial charge in [-0.25, -0.2) is 4.79 Å². The first-order valence-corrected chi connectivity index (χ1v) is 11.0. The van der Waals surface area contributed by atoms with Crippen LogP contribution in [0.15, 0.2) is 48.5 Å². The van der Waals surface area contributed by atoms with E-state index in [1.165, 1.54) is 11.1 Å². The molecular weight excluding hydrogens is 408 g/mol. The van der Waals surface area contributed by atoms with Gasteiger partial charge < -0.3 is 20.5 Å². The van der Waals surface area contributed by atoms with Gasteiger partial charge in [0.25, 0.3) is 0 Å². The van der Waals surface area contributed by atoms with Gasteiger partial charge in [-0.2, -0.15) is 0 Å². The third kappa shape index (κ3) is 6.09. The van der Waals surface area contributed by atoms with Crippen molar-refractivity contribution in [2.24, 2.45) is 0 Å². The summed E-state index contributed by atoms with van der Waals surface area (Å²) < 4.78 is 5.53. The number of fused-ring (bicyclic) bond motifs is 3. The lowest BCUT2D eigenvalue weighted by Crippen LogP contribution is -2.37. The first kappa shape index (κ1) is 23.3. The summed E-state index contributed by atoms with van der Waals surface area (Å²) in [6.07, 6.45) is 0.592. The van der Waals surface area contributed by atoms with Crippen LogP contribution in [0.4, 0.5) is 4.79 Å². The largest absolute Gasteiger partial charge is 0.481 e. The van der Waals surface area contributed by atoms with E-state index in [0.29, 0.717) is 12.8 Å². The second kappa shape index (κ2) is 10.8. The van der Waals surface area contributed by atoms with Crippen molar-refractivity contribution < 1.29 is 24.2 Å². The highest BCUT2D eigenvalue weighted by atomic mass is 16.5. The van der Waals surface area contributed by atoms with Crippen LogP contribution in [0.25, 0.3) is 11.1 Å². The van der Waals surface area contributed by atoms with Crippen molar-refractivity contribution in [2.45, 2.75) is 57.5 Å². The van der Waals surface area contributed by atoms with Gasteiger partial charge in [0.15, 0.2) is 0 Å². The van der Waals surface area contributed by atoms with Gasteiger partial charge in [0.05, 0.1) is 0 Å². The number of aliphatic carboxylic acids is 1. The number of nitrogens with one attached hydrogen (secondary N) is 2. The summed E-state index contributed by atoms with van der Waals surface area (Å²) in [5, 5.41) is 14.3. The Morgan fingerprint density at radius 3 is 2.00 bits per heavy atom. The van der Waals surface area contributed by atoms with Gasteiger partial charge in [0.1, 0.15) is 6.61 Å². The minimum atomic E-state index is -0.882. The fourth-order valence-corrected chi connectivity index (χ4v) is 4.02. The zero-order chi connectivity index (χ0) is 23.1. The summed E-state index contributed by atoms with van der Waals surface area (Å²) in [5.41, 5.74) is 4.66. The monoisotopic (exact) mass is 438 g/mol. The van der Waals surface area contributed by atoms with Gasteiger partial charge in [0, 0.05) is 30.8 Å². The Balaban J connectivity index is 1.43. The summed E-state index contributed by atoms with van der Waals surface area (Å²) in [6.45, 7) is 3.84. The number of hydrogen-bond donors (Lipinski definition) is 3. The highest BCUT2D eigenvalue weighted by Gasteiger charge is 2.29. The highest BCUT2D eigenvalue weighted by Crippen LogP contribution is 2.44. The zero-order valence-corrected chi connectivity index (χ0v) is 18.5. The number of rotatable bonds is 10. The molecule has 2 aromatic rings. The molecule has 0 saturated heterocycles. The molecular formula is C25H30N2O5. The molecule has 2 amide bonds. The van der Waals surface area contributed by atoms with Crippen molar-refractivity contribution in [1.29, 1.82) is 0 Å². The fraction of sp³-hybridized carbons (Fsp3) is 0.400. The van der Waals surface area contributed by atoms with Crippen molar-refractivity contribution >= 4 is 18.0 Å². The minimum Gasteiger partial charge on any atom is -0.481 e. The number of alkyl carbamates (subject to hydrolysis) is 1. The van der Waals surface area contributed by atoms with Gasteiger partial charge >= 0.3 is 12.1 Å². The molecule has 7 heteroatoms. The van der Waals surface area contributed by atoms with E-state index in [9.17, 15) is 14.4 Å². The standard InChI is InChI=1S/C25H30N2O5/c1-16(12-14-24(29)30)26-23(28)13-11-17(2)27-25(31)32-15-22-20-9-5-3-7-18(20)19-8-4-6-10-21(19)22/h3-10,16-17,22H,11-15H2,1-2H3,(H,26,28)(H,27,31)(H,29,30). The second-order valence-corrected chi connectivity index (χ2v) is 8.31. The first-order chi connectivity index (χ1) is 15.3. The summed E-state index contributed by atoms with van der Waals surface area (Å²) in [7, 11) is 0. The van der Waals surface area contributed by atoms with E-state index in [4.69, 9.17) is 9.84 Å². The van der Waals surface area contributed by atoms with E-state index in [0.717, 1.165) is 11.1 Å². The first-order valence-electron chi connectivity index (χ1n) is 11.0. The lowest BCUT2D eigenvalue weighted by Gasteiger charge is -2.18. The average Bonchev–Trinajstić information content (AvgIpc) is 3.09. The Bertz CT molecular complexity index is 929. The molecule has 0 heterocycles. The quantitative estimate of drug-likeness (QED) is 0.519. The maximum Gasteiger partial charge on any atom is 0.407 e. The normalized spacial score (nSPS) is 14.1. The second-order valence-electron chi connectivity index (χ2n) is 8.31. The van der Waals surface area contributed by atoms with Crippen molar-refractivity contribution in [3.63, 3.8) is 0 Å². The Labute approximate surface area is 188 Å². The molecule has 0 aromatic heterocycles. The van der Waals surface area contributed by atoms with Gasteiger partial charge in [-0.3, -0.25) is 9.59 Å². The Hall–Kier alpha value is -3.35. The number of carboxylic acid groups (broad SMARTS) is 1. The van der Waals surface area contributed by atoms with Crippen LogP contribution in [0, 0.1) is 0 Å². The third-order valence-electron chi connectivity index (χ3n) is 5.71. The smallest absolute Gasteiger partial charge is 0.407 e. The van der Waals surface area contributed by atoms with Crippen LogP contribution in [0.1, 0.15) is 56.6 Å². The van der Waals surface area contributed by atoms with Crippen molar-refractivity contribution in [3.8, 4) is 11.1 Å². The zero-order valence-electron chi connectivity index (χ0n) is 18.5. The predicted molar refractivity (Wildman–Crippen MR) is 121 cm³/mol. The van der Waals surface area contributed by atoms with Gasteiger partial charge in [0.2, 0.25) is 5.91 Å². The molecule has 1 aliphatic rings. The molecule has 2 aromatic carbocycles. The number of benzene rings is 2. The number of carbonyl (C=O) groups excluding carboxylic acids is 2. The Morgan fingerprint density at radius 1 is 0.875 bits per heavy atom. The van der Waals surface area contributed by atoms with Crippen LogP contribution in [0.5, 0.6) is 0 Å². The van der Waals surface area contributed by atoms with Crippen LogP contribution in [0.3, 0.4) is 0 Å². The number of amides is 2. The molecule has 3 N–H and O–H groups in total. The molecule has 32 heavy (non-hydrogen) atoms. The number of hydrogen-bond acceptors (Lipinski definition) is 4. The van der Waals surface area contributed by atoms with E-state index in [2.05, 4.69) is 34.9 Å². The molecule has 7 nitrogen and oxygen atoms in total. The third-order valence-corrected chi connectivity index (χ3v) is 5.71. The Morgan fingerprint density at radius 2 is 1.41 bits per heavy atom. The van der Waals surface area contributed by atoms with Gasteiger partial charge in [-0.1, -0.05) is 48.5 Å². The maximum absolute atomic E-state index is 12.3. The predicted octanol–water partition coefficient (Wildman–Crippen LogP) is 4.06. The van der Waals surface area contributed by atoms with Gasteiger partial charge in [-0.05, 0) is 48.9 Å². The SMILES string of the molecule is CC(CCC(=O)O)NC(=O)CCC(C)NC(=O)OCC1c2ccccc2-c2ccccc21. The van der Waals surface area contributed by atoms with Crippen molar-refractivity contribution in [1.82, 2.24) is 10.6 Å². The molecule has 0 aliphatic heterocycles. The number of ether oxygens (including phenoxy) is 1. The lowest BCUT2D eigenvalue weighted by atomic mass is 9.98. The number of carboxylic acids is 1. The highest BCUT2D eigenvalue weighted by molar-refractivity contribution is 5.79. The molecule has 0 bridgehead atoms.